The maximum atomic E-state index is 13.8. The minimum Gasteiger partial charge on any atom is -0.481 e. The van der Waals surface area contributed by atoms with E-state index in [4.69, 9.17) is 5.11 Å². The highest BCUT2D eigenvalue weighted by Gasteiger charge is 2.53. The zero-order chi connectivity index (χ0) is 20.5. The van der Waals surface area contributed by atoms with Gasteiger partial charge in [-0.1, -0.05) is 0 Å². The molecule has 0 unspecified atom stereocenters. The Morgan fingerprint density at radius 1 is 1.26 bits per heavy atom. The summed E-state index contributed by atoms with van der Waals surface area (Å²) in [6, 6.07) is 1.05. The fourth-order valence-electron chi connectivity index (χ4n) is 2.91. The van der Waals surface area contributed by atoms with E-state index >= 15 is 0 Å². The van der Waals surface area contributed by atoms with Gasteiger partial charge in [0.2, 0.25) is 0 Å². The van der Waals surface area contributed by atoms with Crippen molar-refractivity contribution in [3.63, 3.8) is 0 Å². The molecule has 1 aromatic rings. The van der Waals surface area contributed by atoms with Crippen molar-refractivity contribution >= 4 is 23.7 Å². The SMILES string of the molecule is COC(=O)c1c(F)ccc(NC(=O)N2C[C@@H](C(F)(F)F)[C@H](C(=O)O)C2)c1C. The minimum atomic E-state index is -4.78. The van der Waals surface area contributed by atoms with Gasteiger partial charge in [-0.05, 0) is 24.6 Å². The number of benzene rings is 1. The van der Waals surface area contributed by atoms with Gasteiger partial charge >= 0.3 is 24.1 Å². The van der Waals surface area contributed by atoms with Gasteiger partial charge < -0.3 is 20.1 Å². The monoisotopic (exact) mass is 392 g/mol. The highest BCUT2D eigenvalue weighted by Crippen LogP contribution is 2.38. The second kappa shape index (κ2) is 7.41. The predicted molar refractivity (Wildman–Crippen MR) is 83.7 cm³/mol. The molecule has 0 radical (unpaired) electrons. The van der Waals surface area contributed by atoms with Crippen LogP contribution in [0.5, 0.6) is 0 Å². The number of carbonyl (C=O) groups excluding carboxylic acids is 2. The summed E-state index contributed by atoms with van der Waals surface area (Å²) in [5, 5.41) is 11.3. The summed E-state index contributed by atoms with van der Waals surface area (Å²) in [5.74, 6) is -7.50. The molecular weight excluding hydrogens is 376 g/mol. The molecule has 2 atom stereocenters. The van der Waals surface area contributed by atoms with Gasteiger partial charge in [-0.25, -0.2) is 14.0 Å². The fourth-order valence-corrected chi connectivity index (χ4v) is 2.91. The first-order chi connectivity index (χ1) is 12.5. The third-order valence-electron chi connectivity index (χ3n) is 4.39. The summed E-state index contributed by atoms with van der Waals surface area (Å²) in [6.45, 7) is -0.126. The molecule has 0 aromatic heterocycles. The topological polar surface area (TPSA) is 95.9 Å². The van der Waals surface area contributed by atoms with E-state index in [0.717, 1.165) is 24.1 Å². The quantitative estimate of drug-likeness (QED) is 0.609. The van der Waals surface area contributed by atoms with E-state index in [1.165, 1.54) is 6.92 Å². The van der Waals surface area contributed by atoms with Crippen LogP contribution in [0.4, 0.5) is 28.0 Å². The second-order valence-electron chi connectivity index (χ2n) is 6.01. The Morgan fingerprint density at radius 3 is 2.37 bits per heavy atom. The van der Waals surface area contributed by atoms with Crippen molar-refractivity contribution in [1.82, 2.24) is 4.90 Å². The minimum absolute atomic E-state index is 0.0101. The van der Waals surface area contributed by atoms with E-state index in [1.54, 1.807) is 0 Å². The molecule has 1 aliphatic heterocycles. The highest BCUT2D eigenvalue weighted by atomic mass is 19.4. The Bertz CT molecular complexity index is 781. The number of carboxylic acids is 1. The average molecular weight is 392 g/mol. The molecule has 1 aromatic carbocycles. The number of nitrogens with zero attached hydrogens (tertiary/aromatic N) is 1. The first kappa shape index (κ1) is 20.5. The summed E-state index contributed by atoms with van der Waals surface area (Å²) < 4.78 is 57.3. The molecule has 27 heavy (non-hydrogen) atoms. The molecule has 7 nitrogen and oxygen atoms in total. The van der Waals surface area contributed by atoms with Crippen molar-refractivity contribution in [3.05, 3.63) is 29.1 Å². The van der Waals surface area contributed by atoms with E-state index in [0.29, 0.717) is 0 Å². The highest BCUT2D eigenvalue weighted by molar-refractivity contribution is 5.96. The van der Waals surface area contributed by atoms with Crippen LogP contribution in [0.1, 0.15) is 15.9 Å². The molecular formula is C16H16F4N2O5. The third kappa shape index (κ3) is 4.12. The molecule has 2 rings (SSSR count). The zero-order valence-corrected chi connectivity index (χ0v) is 14.3. The zero-order valence-electron chi connectivity index (χ0n) is 14.3. The number of methoxy groups -OCH3 is 1. The maximum absolute atomic E-state index is 13.8. The van der Waals surface area contributed by atoms with E-state index in [-0.39, 0.29) is 11.3 Å². The van der Waals surface area contributed by atoms with Crippen molar-refractivity contribution in [2.45, 2.75) is 13.1 Å². The lowest BCUT2D eigenvalue weighted by Gasteiger charge is -2.20. The van der Waals surface area contributed by atoms with Crippen LogP contribution < -0.4 is 5.32 Å². The molecule has 1 fully saturated rings. The number of carboxylic acid groups (broad SMARTS) is 1. The number of urea groups is 1. The number of hydrogen-bond acceptors (Lipinski definition) is 4. The van der Waals surface area contributed by atoms with E-state index < -0.39 is 60.5 Å². The van der Waals surface area contributed by atoms with Gasteiger partial charge in [-0.2, -0.15) is 13.2 Å². The summed E-state index contributed by atoms with van der Waals surface area (Å²) in [7, 11) is 1.04. The average Bonchev–Trinajstić information content (AvgIpc) is 3.03. The maximum Gasteiger partial charge on any atom is 0.394 e. The van der Waals surface area contributed by atoms with Crippen LogP contribution in [-0.4, -0.2) is 54.4 Å². The number of rotatable bonds is 3. The number of ether oxygens (including phenoxy) is 1. The standard InChI is InChI=1S/C16H16F4N2O5/c1-7-11(4-3-10(17)12(7)14(25)27-2)21-15(26)22-5-8(13(23)24)9(6-22)16(18,19)20/h3-4,8-9H,5-6H2,1-2H3,(H,21,26)(H,23,24)/t8-,9-/m1/s1. The molecule has 1 saturated heterocycles. The van der Waals surface area contributed by atoms with Crippen LogP contribution in [0.2, 0.25) is 0 Å². The number of nitrogens with one attached hydrogen (secondary N) is 1. The summed E-state index contributed by atoms with van der Waals surface area (Å²) in [5.41, 5.74) is -0.408. The van der Waals surface area contributed by atoms with Crippen molar-refractivity contribution in [3.8, 4) is 0 Å². The van der Waals surface area contributed by atoms with E-state index in [1.807, 2.05) is 0 Å². The number of hydrogen-bond donors (Lipinski definition) is 2. The Labute approximate surface area is 150 Å². The van der Waals surface area contributed by atoms with Gasteiger partial charge in [0.1, 0.15) is 11.4 Å². The van der Waals surface area contributed by atoms with Gasteiger partial charge in [0.15, 0.2) is 0 Å². The van der Waals surface area contributed by atoms with Gasteiger partial charge in [0.25, 0.3) is 0 Å². The summed E-state index contributed by atoms with van der Waals surface area (Å²) in [6.07, 6.45) is -4.78. The van der Waals surface area contributed by atoms with Crippen LogP contribution in [0, 0.1) is 24.6 Å². The number of halogens is 4. The van der Waals surface area contributed by atoms with Gasteiger partial charge in [0.05, 0.1) is 18.9 Å². The van der Waals surface area contributed by atoms with Crippen LogP contribution >= 0.6 is 0 Å². The molecule has 1 aliphatic rings. The predicted octanol–water partition coefficient (Wildman–Crippen LogP) is 2.65. The number of anilines is 1. The Kier molecular flexibility index (Phi) is 5.62. The van der Waals surface area contributed by atoms with Crippen molar-refractivity contribution in [2.75, 3.05) is 25.5 Å². The van der Waals surface area contributed by atoms with E-state index in [9.17, 15) is 31.9 Å². The molecule has 0 aliphatic carbocycles. The number of carbonyl (C=O) groups is 3. The number of aliphatic carboxylic acids is 1. The largest absolute Gasteiger partial charge is 0.481 e. The number of esters is 1. The fraction of sp³-hybridized carbons (Fsp3) is 0.438. The molecule has 0 spiro atoms. The molecule has 0 bridgehead atoms. The lowest BCUT2D eigenvalue weighted by atomic mass is 9.96. The van der Waals surface area contributed by atoms with Crippen molar-refractivity contribution < 1.29 is 41.8 Å². The molecule has 2 N–H and O–H groups in total. The van der Waals surface area contributed by atoms with Crippen molar-refractivity contribution in [2.24, 2.45) is 11.8 Å². The molecule has 0 saturated carbocycles. The summed E-state index contributed by atoms with van der Waals surface area (Å²) in [4.78, 5) is 35.7. The number of amides is 2. The molecule has 2 amide bonds. The molecule has 1 heterocycles. The van der Waals surface area contributed by atoms with Gasteiger partial charge in [-0.15, -0.1) is 0 Å². The lowest BCUT2D eigenvalue weighted by Crippen LogP contribution is -2.35. The van der Waals surface area contributed by atoms with Crippen LogP contribution in [0.15, 0.2) is 12.1 Å². The molecule has 11 heteroatoms. The first-order valence-corrected chi connectivity index (χ1v) is 7.70. The Hall–Kier alpha value is -2.85. The van der Waals surface area contributed by atoms with Gasteiger partial charge in [-0.3, -0.25) is 4.79 Å². The Balaban J connectivity index is 2.23. The normalized spacial score (nSPS) is 19.7. The number of likely N-dealkylation sites (tertiary alicyclic amines) is 1. The van der Waals surface area contributed by atoms with E-state index in [2.05, 4.69) is 10.1 Å². The third-order valence-corrected chi connectivity index (χ3v) is 4.39. The van der Waals surface area contributed by atoms with Gasteiger partial charge in [0, 0.05) is 18.8 Å². The van der Waals surface area contributed by atoms with Crippen LogP contribution in [-0.2, 0) is 9.53 Å². The number of alkyl halides is 3. The smallest absolute Gasteiger partial charge is 0.394 e. The first-order valence-electron chi connectivity index (χ1n) is 7.70. The Morgan fingerprint density at radius 2 is 1.89 bits per heavy atom. The van der Waals surface area contributed by atoms with Crippen molar-refractivity contribution in [1.29, 1.82) is 0 Å². The summed E-state index contributed by atoms with van der Waals surface area (Å²) >= 11 is 0. The molecule has 148 valence electrons. The second-order valence-corrected chi connectivity index (χ2v) is 6.01. The van der Waals surface area contributed by atoms with Crippen LogP contribution in [0.25, 0.3) is 0 Å². The lowest BCUT2D eigenvalue weighted by molar-refractivity contribution is -0.187. The van der Waals surface area contributed by atoms with Crippen LogP contribution in [0.3, 0.4) is 0 Å².